The smallest absolute Gasteiger partial charge is 0.225 e. The molecular formula is C22H33ClN2O3. The molecule has 0 radical (unpaired) electrons. The van der Waals surface area contributed by atoms with E-state index in [1.807, 2.05) is 29.2 Å². The van der Waals surface area contributed by atoms with Crippen molar-refractivity contribution in [1.29, 1.82) is 0 Å². The van der Waals surface area contributed by atoms with E-state index in [2.05, 4.69) is 6.92 Å². The number of nitrogens with two attached hydrogens (primary N) is 1. The second-order valence-electron chi connectivity index (χ2n) is 8.48. The molecule has 6 heteroatoms. The number of fused-ring (bicyclic) bond motifs is 3. The lowest BCUT2D eigenvalue weighted by Crippen LogP contribution is -2.51. The van der Waals surface area contributed by atoms with E-state index in [1.165, 1.54) is 19.3 Å². The van der Waals surface area contributed by atoms with Gasteiger partial charge in [0.1, 0.15) is 6.61 Å². The molecule has 2 fully saturated rings. The van der Waals surface area contributed by atoms with Crippen molar-refractivity contribution in [2.24, 2.45) is 23.5 Å². The Morgan fingerprint density at radius 3 is 2.54 bits per heavy atom. The van der Waals surface area contributed by atoms with Crippen LogP contribution in [0.2, 0.25) is 0 Å². The molecule has 2 aliphatic carbocycles. The summed E-state index contributed by atoms with van der Waals surface area (Å²) in [6, 6.07) is 8.04. The van der Waals surface area contributed by atoms with Crippen LogP contribution in [0.25, 0.3) is 0 Å². The molecule has 3 atom stereocenters. The van der Waals surface area contributed by atoms with Crippen molar-refractivity contribution >= 4 is 18.3 Å². The summed E-state index contributed by atoms with van der Waals surface area (Å²) in [5, 5.41) is 0. The maximum atomic E-state index is 13.3. The highest BCUT2D eigenvalue weighted by atomic mass is 35.5. The molecule has 0 spiro atoms. The van der Waals surface area contributed by atoms with E-state index in [4.69, 9.17) is 15.2 Å². The maximum Gasteiger partial charge on any atom is 0.225 e. The van der Waals surface area contributed by atoms with Crippen LogP contribution in [0, 0.1) is 17.8 Å². The molecule has 4 rings (SSSR count). The quantitative estimate of drug-likeness (QED) is 0.807. The average Bonchev–Trinajstić information content (AvgIpc) is 2.67. The Hall–Kier alpha value is -1.46. The first-order valence-electron chi connectivity index (χ1n) is 10.6. The van der Waals surface area contributed by atoms with Crippen molar-refractivity contribution in [3.05, 3.63) is 24.3 Å². The number of carbonyl (C=O) groups is 1. The first kappa shape index (κ1) is 21.3. The molecule has 2 saturated carbocycles. The Kier molecular flexibility index (Phi) is 7.10. The SMILES string of the molecule is CCCN(CC1COc2ccccc2O1)C(=O)C1CC2CCCC(C1)C2N.Cl. The molecule has 5 nitrogen and oxygen atoms in total. The summed E-state index contributed by atoms with van der Waals surface area (Å²) in [6.45, 7) is 3.99. The molecule has 1 aromatic carbocycles. The van der Waals surface area contributed by atoms with Crippen LogP contribution in [0.3, 0.4) is 0 Å². The largest absolute Gasteiger partial charge is 0.486 e. The van der Waals surface area contributed by atoms with Crippen LogP contribution in [0.1, 0.15) is 45.4 Å². The van der Waals surface area contributed by atoms with Gasteiger partial charge in [-0.05, 0) is 56.1 Å². The fourth-order valence-corrected chi connectivity index (χ4v) is 5.21. The van der Waals surface area contributed by atoms with E-state index in [9.17, 15) is 4.79 Å². The first-order valence-corrected chi connectivity index (χ1v) is 10.6. The van der Waals surface area contributed by atoms with Gasteiger partial charge in [-0.3, -0.25) is 4.79 Å². The summed E-state index contributed by atoms with van der Waals surface area (Å²) in [5.41, 5.74) is 6.41. The lowest BCUT2D eigenvalue weighted by atomic mass is 9.65. The zero-order valence-corrected chi connectivity index (χ0v) is 17.5. The van der Waals surface area contributed by atoms with Gasteiger partial charge in [0.05, 0.1) is 6.54 Å². The van der Waals surface area contributed by atoms with E-state index < -0.39 is 0 Å². The number of benzene rings is 1. The van der Waals surface area contributed by atoms with Gasteiger partial charge >= 0.3 is 0 Å². The Balaban J connectivity index is 0.00000225. The van der Waals surface area contributed by atoms with Crippen molar-refractivity contribution in [2.75, 3.05) is 19.7 Å². The topological polar surface area (TPSA) is 64.8 Å². The van der Waals surface area contributed by atoms with Crippen molar-refractivity contribution in [1.82, 2.24) is 4.90 Å². The van der Waals surface area contributed by atoms with Crippen LogP contribution in [-0.2, 0) is 4.79 Å². The molecule has 2 bridgehead atoms. The van der Waals surface area contributed by atoms with Crippen LogP contribution >= 0.6 is 12.4 Å². The molecule has 1 aromatic rings. The van der Waals surface area contributed by atoms with E-state index in [-0.39, 0.29) is 24.4 Å². The second kappa shape index (κ2) is 9.36. The van der Waals surface area contributed by atoms with Gasteiger partial charge in [-0.15, -0.1) is 12.4 Å². The summed E-state index contributed by atoms with van der Waals surface area (Å²) in [7, 11) is 0. The Morgan fingerprint density at radius 2 is 1.86 bits per heavy atom. The predicted molar refractivity (Wildman–Crippen MR) is 112 cm³/mol. The predicted octanol–water partition coefficient (Wildman–Crippen LogP) is 3.64. The van der Waals surface area contributed by atoms with E-state index >= 15 is 0 Å². The second-order valence-corrected chi connectivity index (χ2v) is 8.48. The number of para-hydroxylation sites is 2. The van der Waals surface area contributed by atoms with Gasteiger partial charge in [-0.1, -0.05) is 25.5 Å². The fraction of sp³-hybridized carbons (Fsp3) is 0.682. The van der Waals surface area contributed by atoms with Gasteiger partial charge < -0.3 is 20.1 Å². The number of hydrogen-bond acceptors (Lipinski definition) is 4. The molecule has 156 valence electrons. The number of halogens is 1. The number of ether oxygens (including phenoxy) is 2. The van der Waals surface area contributed by atoms with Crippen LogP contribution < -0.4 is 15.2 Å². The molecule has 1 amide bonds. The van der Waals surface area contributed by atoms with Crippen LogP contribution in [0.4, 0.5) is 0 Å². The number of amides is 1. The third kappa shape index (κ3) is 4.41. The van der Waals surface area contributed by atoms with Gasteiger partial charge in [0.25, 0.3) is 0 Å². The molecule has 3 aliphatic rings. The summed E-state index contributed by atoms with van der Waals surface area (Å²) >= 11 is 0. The zero-order chi connectivity index (χ0) is 18.8. The van der Waals surface area contributed by atoms with Crippen molar-refractivity contribution in [2.45, 2.75) is 57.6 Å². The molecule has 0 saturated heterocycles. The third-order valence-electron chi connectivity index (χ3n) is 6.56. The van der Waals surface area contributed by atoms with E-state index in [0.29, 0.717) is 36.9 Å². The third-order valence-corrected chi connectivity index (χ3v) is 6.56. The molecule has 0 aromatic heterocycles. The lowest BCUT2D eigenvalue weighted by Gasteiger charge is -2.44. The number of hydrogen-bond donors (Lipinski definition) is 1. The van der Waals surface area contributed by atoms with Crippen molar-refractivity contribution < 1.29 is 14.3 Å². The summed E-state index contributed by atoms with van der Waals surface area (Å²) in [5.74, 6) is 3.03. The zero-order valence-electron chi connectivity index (χ0n) is 16.7. The summed E-state index contributed by atoms with van der Waals surface area (Å²) in [6.07, 6.45) is 6.41. The highest BCUT2D eigenvalue weighted by molar-refractivity contribution is 5.85. The van der Waals surface area contributed by atoms with Gasteiger partial charge in [0.2, 0.25) is 5.91 Å². The number of rotatable bonds is 5. The minimum absolute atomic E-state index is 0. The maximum absolute atomic E-state index is 13.3. The van der Waals surface area contributed by atoms with E-state index in [0.717, 1.165) is 37.3 Å². The number of carbonyl (C=O) groups excluding carboxylic acids is 1. The Labute approximate surface area is 174 Å². The van der Waals surface area contributed by atoms with Gasteiger partial charge in [-0.2, -0.15) is 0 Å². The highest BCUT2D eigenvalue weighted by Crippen LogP contribution is 2.42. The minimum atomic E-state index is -0.110. The monoisotopic (exact) mass is 408 g/mol. The van der Waals surface area contributed by atoms with Gasteiger partial charge in [0.15, 0.2) is 17.6 Å². The Morgan fingerprint density at radius 1 is 1.18 bits per heavy atom. The lowest BCUT2D eigenvalue weighted by molar-refractivity contribution is -0.140. The first-order chi connectivity index (χ1) is 13.2. The molecule has 1 heterocycles. The molecular weight excluding hydrogens is 376 g/mol. The molecule has 3 unspecified atom stereocenters. The molecule has 28 heavy (non-hydrogen) atoms. The Bertz CT molecular complexity index is 657. The van der Waals surface area contributed by atoms with Crippen molar-refractivity contribution in [3.8, 4) is 11.5 Å². The fourth-order valence-electron chi connectivity index (χ4n) is 5.21. The normalized spacial score (nSPS) is 30.9. The average molecular weight is 409 g/mol. The molecule has 2 N–H and O–H groups in total. The van der Waals surface area contributed by atoms with Crippen LogP contribution in [0.5, 0.6) is 11.5 Å². The number of nitrogens with zero attached hydrogens (tertiary/aromatic N) is 1. The molecule has 1 aliphatic heterocycles. The van der Waals surface area contributed by atoms with Gasteiger partial charge in [-0.25, -0.2) is 0 Å². The summed E-state index contributed by atoms with van der Waals surface area (Å²) < 4.78 is 11.9. The summed E-state index contributed by atoms with van der Waals surface area (Å²) in [4.78, 5) is 15.3. The minimum Gasteiger partial charge on any atom is -0.486 e. The van der Waals surface area contributed by atoms with Crippen LogP contribution in [-0.4, -0.2) is 42.6 Å². The van der Waals surface area contributed by atoms with Crippen molar-refractivity contribution in [3.63, 3.8) is 0 Å². The van der Waals surface area contributed by atoms with Gasteiger partial charge in [0, 0.05) is 18.5 Å². The highest BCUT2D eigenvalue weighted by Gasteiger charge is 2.42. The standard InChI is InChI=1S/C22H32N2O3.ClH/c1-2-10-24(13-18-14-26-19-8-3-4-9-20(19)27-18)22(25)17-11-15-6-5-7-16(12-17)21(15)23;/h3-4,8-9,15-18,21H,2,5-7,10-14,23H2,1H3;1H. The van der Waals surface area contributed by atoms with E-state index in [1.54, 1.807) is 0 Å². The van der Waals surface area contributed by atoms with Crippen LogP contribution in [0.15, 0.2) is 24.3 Å².